The van der Waals surface area contributed by atoms with Crippen LogP contribution in [0.3, 0.4) is 0 Å². The summed E-state index contributed by atoms with van der Waals surface area (Å²) in [4.78, 5) is 0. The van der Waals surface area contributed by atoms with Crippen LogP contribution in [-0.2, 0) is 6.61 Å². The van der Waals surface area contributed by atoms with Crippen molar-refractivity contribution in [1.29, 1.82) is 0 Å². The quantitative estimate of drug-likeness (QED) is 0.152. The lowest BCUT2D eigenvalue weighted by molar-refractivity contribution is 0.297. The van der Waals surface area contributed by atoms with E-state index in [-0.39, 0.29) is 17.7 Å². The molecule has 4 aromatic rings. The Kier molecular flexibility index (Phi) is 8.52. The molecule has 3 nitrogen and oxygen atoms in total. The van der Waals surface area contributed by atoms with Crippen molar-refractivity contribution in [3.63, 3.8) is 0 Å². The van der Waals surface area contributed by atoms with Gasteiger partial charge >= 0.3 is 0 Å². The van der Waals surface area contributed by atoms with Gasteiger partial charge in [0.1, 0.15) is 29.7 Å². The number of benzene rings is 4. The van der Waals surface area contributed by atoms with Crippen LogP contribution in [-0.4, -0.2) is 13.2 Å². The van der Waals surface area contributed by atoms with E-state index in [1.54, 1.807) is 78.9 Å². The molecule has 6 heteroatoms. The number of halogens is 3. The van der Waals surface area contributed by atoms with Gasteiger partial charge in [-0.25, -0.2) is 13.2 Å². The molecule has 0 heterocycles. The molecule has 0 fully saturated rings. The third-order valence-electron chi connectivity index (χ3n) is 5.73. The zero-order chi connectivity index (χ0) is 26.2. The zero-order valence-electron chi connectivity index (χ0n) is 20.5. The van der Waals surface area contributed by atoms with Gasteiger partial charge in [-0.05, 0) is 60.9 Å². The third-order valence-corrected chi connectivity index (χ3v) is 5.73. The highest BCUT2D eigenvalue weighted by Gasteiger charge is 2.16. The van der Waals surface area contributed by atoms with E-state index in [1.165, 1.54) is 6.07 Å². The van der Waals surface area contributed by atoms with Crippen molar-refractivity contribution in [2.24, 2.45) is 0 Å². The highest BCUT2D eigenvalue weighted by atomic mass is 19.2. The minimum absolute atomic E-state index is 0.0118. The predicted octanol–water partition coefficient (Wildman–Crippen LogP) is 8.37. The summed E-state index contributed by atoms with van der Waals surface area (Å²) >= 11 is 0. The lowest BCUT2D eigenvalue weighted by Gasteiger charge is -2.12. The summed E-state index contributed by atoms with van der Waals surface area (Å²) in [6.07, 6.45) is 2.40. The Bertz CT molecular complexity index is 1350. The van der Waals surface area contributed by atoms with Gasteiger partial charge in [-0.15, -0.1) is 6.58 Å². The number of ether oxygens (including phenoxy) is 3. The molecular weight excluding hydrogens is 477 g/mol. The molecule has 190 valence electrons. The van der Waals surface area contributed by atoms with Crippen LogP contribution in [0.1, 0.15) is 18.9 Å². The molecule has 0 saturated carbocycles. The summed E-state index contributed by atoms with van der Waals surface area (Å²) in [5.74, 6) is -0.708. The van der Waals surface area contributed by atoms with Crippen molar-refractivity contribution in [3.05, 3.63) is 115 Å². The van der Waals surface area contributed by atoms with Crippen LogP contribution in [0.25, 0.3) is 22.3 Å². The van der Waals surface area contributed by atoms with Gasteiger partial charge in [0.25, 0.3) is 0 Å². The molecule has 0 aliphatic rings. The third kappa shape index (κ3) is 6.33. The standard InChI is InChI=1S/C31H27F3O3/c1-3-5-18-36-26-15-10-23(29(32)19-26)20-37-25-13-8-22(9-14-25)28-17-16-27(30(33)31(28)34)21-6-11-24(12-7-21)35-4-2/h3,6-17,19H,1,4-5,18,20H2,2H3. The van der Waals surface area contributed by atoms with Crippen LogP contribution in [0.5, 0.6) is 17.2 Å². The second-order valence-electron chi connectivity index (χ2n) is 8.24. The Morgan fingerprint density at radius 1 is 0.676 bits per heavy atom. The second-order valence-corrected chi connectivity index (χ2v) is 8.24. The maximum Gasteiger partial charge on any atom is 0.167 e. The highest BCUT2D eigenvalue weighted by Crippen LogP contribution is 2.33. The van der Waals surface area contributed by atoms with Gasteiger partial charge in [0, 0.05) is 22.8 Å². The van der Waals surface area contributed by atoms with Crippen molar-refractivity contribution in [2.45, 2.75) is 20.0 Å². The molecule has 0 N–H and O–H groups in total. The molecule has 0 bridgehead atoms. The van der Waals surface area contributed by atoms with Crippen LogP contribution in [0.15, 0.2) is 91.5 Å². The Balaban J connectivity index is 1.43. The van der Waals surface area contributed by atoms with Crippen molar-refractivity contribution < 1.29 is 27.4 Å². The topological polar surface area (TPSA) is 27.7 Å². The summed E-state index contributed by atoms with van der Waals surface area (Å²) in [5.41, 5.74) is 1.73. The highest BCUT2D eigenvalue weighted by molar-refractivity contribution is 5.72. The van der Waals surface area contributed by atoms with E-state index in [0.29, 0.717) is 53.6 Å². The normalized spacial score (nSPS) is 10.7. The fourth-order valence-electron chi connectivity index (χ4n) is 3.78. The second kappa shape index (κ2) is 12.2. The summed E-state index contributed by atoms with van der Waals surface area (Å²) in [6.45, 7) is 6.46. The van der Waals surface area contributed by atoms with E-state index in [1.807, 2.05) is 6.92 Å². The number of hydrogen-bond acceptors (Lipinski definition) is 3. The summed E-state index contributed by atoms with van der Waals surface area (Å²) in [6, 6.07) is 21.1. The molecule has 0 radical (unpaired) electrons. The summed E-state index contributed by atoms with van der Waals surface area (Å²) in [5, 5.41) is 0. The van der Waals surface area contributed by atoms with Gasteiger partial charge in [0.15, 0.2) is 11.6 Å². The van der Waals surface area contributed by atoms with Crippen LogP contribution in [0, 0.1) is 17.5 Å². The van der Waals surface area contributed by atoms with E-state index in [0.717, 1.165) is 0 Å². The molecule has 4 rings (SSSR count). The van der Waals surface area contributed by atoms with E-state index in [4.69, 9.17) is 14.2 Å². The Labute approximate surface area is 214 Å². The minimum atomic E-state index is -0.933. The molecular formula is C31H27F3O3. The van der Waals surface area contributed by atoms with Crippen LogP contribution in [0.2, 0.25) is 0 Å². The van der Waals surface area contributed by atoms with Gasteiger partial charge in [-0.1, -0.05) is 42.5 Å². The fraction of sp³-hybridized carbons (Fsp3) is 0.161. The fourth-order valence-corrected chi connectivity index (χ4v) is 3.78. The molecule has 37 heavy (non-hydrogen) atoms. The monoisotopic (exact) mass is 504 g/mol. The van der Waals surface area contributed by atoms with Crippen molar-refractivity contribution in [3.8, 4) is 39.5 Å². The van der Waals surface area contributed by atoms with E-state index >= 15 is 0 Å². The summed E-state index contributed by atoms with van der Waals surface area (Å²) in [7, 11) is 0. The molecule has 0 aliphatic heterocycles. The lowest BCUT2D eigenvalue weighted by atomic mass is 9.98. The Hall–Kier alpha value is -4.19. The average molecular weight is 505 g/mol. The number of rotatable bonds is 11. The molecule has 0 spiro atoms. The molecule has 0 unspecified atom stereocenters. The maximum atomic E-state index is 15.0. The SMILES string of the molecule is C=CCCOc1ccc(COc2ccc(-c3ccc(-c4ccc(OCC)cc4)c(F)c3F)cc2)c(F)c1. The maximum absolute atomic E-state index is 15.0. The molecule has 0 aliphatic carbocycles. The van der Waals surface area contributed by atoms with Gasteiger partial charge in [-0.3, -0.25) is 0 Å². The first kappa shape index (κ1) is 25.9. The molecule has 0 amide bonds. The zero-order valence-corrected chi connectivity index (χ0v) is 20.5. The van der Waals surface area contributed by atoms with Crippen LogP contribution < -0.4 is 14.2 Å². The first-order valence-corrected chi connectivity index (χ1v) is 12.0. The van der Waals surface area contributed by atoms with Crippen LogP contribution >= 0.6 is 0 Å². The largest absolute Gasteiger partial charge is 0.494 e. The Morgan fingerprint density at radius 3 is 1.73 bits per heavy atom. The molecule has 0 saturated heterocycles. The number of hydrogen-bond donors (Lipinski definition) is 0. The first-order valence-electron chi connectivity index (χ1n) is 12.0. The molecule has 4 aromatic carbocycles. The van der Waals surface area contributed by atoms with Gasteiger partial charge in [0.2, 0.25) is 0 Å². The van der Waals surface area contributed by atoms with E-state index in [9.17, 15) is 13.2 Å². The van der Waals surface area contributed by atoms with Crippen molar-refractivity contribution in [1.82, 2.24) is 0 Å². The summed E-state index contributed by atoms with van der Waals surface area (Å²) < 4.78 is 60.8. The van der Waals surface area contributed by atoms with Crippen molar-refractivity contribution in [2.75, 3.05) is 13.2 Å². The molecule has 0 atom stereocenters. The predicted molar refractivity (Wildman–Crippen MR) is 139 cm³/mol. The van der Waals surface area contributed by atoms with Crippen molar-refractivity contribution >= 4 is 0 Å². The van der Waals surface area contributed by atoms with Gasteiger partial charge < -0.3 is 14.2 Å². The molecule has 0 aromatic heterocycles. The lowest BCUT2D eigenvalue weighted by Crippen LogP contribution is -2.01. The van der Waals surface area contributed by atoms with Gasteiger partial charge in [-0.2, -0.15) is 0 Å². The Morgan fingerprint density at radius 2 is 1.22 bits per heavy atom. The smallest absolute Gasteiger partial charge is 0.167 e. The van der Waals surface area contributed by atoms with E-state index < -0.39 is 17.5 Å². The average Bonchev–Trinajstić information content (AvgIpc) is 2.91. The van der Waals surface area contributed by atoms with Gasteiger partial charge in [0.05, 0.1) is 13.2 Å². The minimum Gasteiger partial charge on any atom is -0.494 e. The van der Waals surface area contributed by atoms with E-state index in [2.05, 4.69) is 6.58 Å². The van der Waals surface area contributed by atoms with Crippen LogP contribution in [0.4, 0.5) is 13.2 Å². The first-order chi connectivity index (χ1) is 18.0.